The van der Waals surface area contributed by atoms with Crippen LogP contribution in [0.1, 0.15) is 12.0 Å². The molecule has 1 amide bonds. The van der Waals surface area contributed by atoms with Crippen molar-refractivity contribution in [3.05, 3.63) is 28.2 Å². The predicted octanol–water partition coefficient (Wildman–Crippen LogP) is 1.99. The maximum atomic E-state index is 12.0. The minimum absolute atomic E-state index is 0.0623. The SMILES string of the molecule is Cc1cc(Br)ccc1NC(=O)CN1CCCNCC1. The van der Waals surface area contributed by atoms with Crippen LogP contribution in [0.5, 0.6) is 0 Å². The number of nitrogens with zero attached hydrogens (tertiary/aromatic N) is 1. The number of aryl methyl sites for hydroxylation is 1. The van der Waals surface area contributed by atoms with Crippen LogP contribution in [-0.4, -0.2) is 43.5 Å². The fraction of sp³-hybridized carbons (Fsp3) is 0.500. The van der Waals surface area contributed by atoms with Crippen LogP contribution in [0.3, 0.4) is 0 Å². The molecule has 0 unspecified atom stereocenters. The highest BCUT2D eigenvalue weighted by Crippen LogP contribution is 2.19. The number of rotatable bonds is 3. The first kappa shape index (κ1) is 14.5. The molecule has 4 nitrogen and oxygen atoms in total. The number of amides is 1. The Morgan fingerprint density at radius 3 is 3.05 bits per heavy atom. The first-order valence-electron chi connectivity index (χ1n) is 6.64. The van der Waals surface area contributed by atoms with Crippen LogP contribution in [0.15, 0.2) is 22.7 Å². The molecule has 1 aromatic carbocycles. The van der Waals surface area contributed by atoms with E-state index in [1.807, 2.05) is 25.1 Å². The lowest BCUT2D eigenvalue weighted by atomic mass is 10.2. The molecule has 1 aliphatic rings. The standard InChI is InChI=1S/C14H20BrN3O/c1-11-9-12(15)3-4-13(11)17-14(19)10-18-7-2-5-16-6-8-18/h3-4,9,16H,2,5-8,10H2,1H3,(H,17,19). The number of nitrogens with one attached hydrogen (secondary N) is 2. The Morgan fingerprint density at radius 2 is 2.26 bits per heavy atom. The molecule has 1 fully saturated rings. The van der Waals surface area contributed by atoms with Gasteiger partial charge in [-0.1, -0.05) is 15.9 Å². The van der Waals surface area contributed by atoms with Crippen LogP contribution in [0, 0.1) is 6.92 Å². The summed E-state index contributed by atoms with van der Waals surface area (Å²) >= 11 is 3.42. The molecule has 0 saturated carbocycles. The van der Waals surface area contributed by atoms with Crippen molar-refractivity contribution in [1.82, 2.24) is 10.2 Å². The Bertz CT molecular complexity index is 442. The molecular weight excluding hydrogens is 306 g/mol. The lowest BCUT2D eigenvalue weighted by Gasteiger charge is -2.19. The summed E-state index contributed by atoms with van der Waals surface area (Å²) in [5, 5.41) is 6.32. The summed E-state index contributed by atoms with van der Waals surface area (Å²) in [6.07, 6.45) is 1.10. The second-order valence-electron chi connectivity index (χ2n) is 4.89. The van der Waals surface area contributed by atoms with E-state index in [0.29, 0.717) is 6.54 Å². The van der Waals surface area contributed by atoms with E-state index in [1.165, 1.54) is 0 Å². The molecule has 0 bridgehead atoms. The quantitative estimate of drug-likeness (QED) is 0.893. The Labute approximate surface area is 122 Å². The third-order valence-corrected chi connectivity index (χ3v) is 3.76. The van der Waals surface area contributed by atoms with Gasteiger partial charge >= 0.3 is 0 Å². The van der Waals surface area contributed by atoms with E-state index in [4.69, 9.17) is 0 Å². The van der Waals surface area contributed by atoms with Gasteiger partial charge in [0.2, 0.25) is 5.91 Å². The lowest BCUT2D eigenvalue weighted by Crippen LogP contribution is -2.35. The molecule has 0 atom stereocenters. The van der Waals surface area contributed by atoms with E-state index < -0.39 is 0 Å². The third-order valence-electron chi connectivity index (χ3n) is 3.26. The highest BCUT2D eigenvalue weighted by atomic mass is 79.9. The molecule has 19 heavy (non-hydrogen) atoms. The monoisotopic (exact) mass is 325 g/mol. The first-order valence-corrected chi connectivity index (χ1v) is 7.43. The van der Waals surface area contributed by atoms with Gasteiger partial charge in [0.05, 0.1) is 6.54 Å². The van der Waals surface area contributed by atoms with Crippen LogP contribution in [-0.2, 0) is 4.79 Å². The van der Waals surface area contributed by atoms with Gasteiger partial charge in [-0.15, -0.1) is 0 Å². The van der Waals surface area contributed by atoms with Crippen LogP contribution in [0.2, 0.25) is 0 Å². The number of hydrogen-bond donors (Lipinski definition) is 2. The van der Waals surface area contributed by atoms with Gasteiger partial charge in [0.1, 0.15) is 0 Å². The number of carbonyl (C=O) groups is 1. The zero-order chi connectivity index (χ0) is 13.7. The normalized spacial score (nSPS) is 16.9. The van der Waals surface area contributed by atoms with Crippen molar-refractivity contribution in [3.63, 3.8) is 0 Å². The van der Waals surface area contributed by atoms with Crippen LogP contribution >= 0.6 is 15.9 Å². The molecule has 2 rings (SSSR count). The van der Waals surface area contributed by atoms with E-state index in [1.54, 1.807) is 0 Å². The topological polar surface area (TPSA) is 44.4 Å². The highest BCUT2D eigenvalue weighted by Gasteiger charge is 2.13. The van der Waals surface area contributed by atoms with Crippen molar-refractivity contribution >= 4 is 27.5 Å². The molecule has 0 radical (unpaired) electrons. The van der Waals surface area contributed by atoms with E-state index in [9.17, 15) is 4.79 Å². The van der Waals surface area contributed by atoms with Crippen molar-refractivity contribution in [2.24, 2.45) is 0 Å². The molecule has 5 heteroatoms. The summed E-state index contributed by atoms with van der Waals surface area (Å²) < 4.78 is 1.03. The molecule has 0 aliphatic carbocycles. The van der Waals surface area contributed by atoms with Crippen molar-refractivity contribution in [2.75, 3.05) is 38.0 Å². The Balaban J connectivity index is 1.89. The Hall–Kier alpha value is -0.910. The number of halogens is 1. The summed E-state index contributed by atoms with van der Waals surface area (Å²) in [6.45, 7) is 6.40. The number of benzene rings is 1. The summed E-state index contributed by atoms with van der Waals surface area (Å²) in [5.74, 6) is 0.0623. The number of anilines is 1. The first-order chi connectivity index (χ1) is 9.15. The van der Waals surface area contributed by atoms with E-state index >= 15 is 0 Å². The van der Waals surface area contributed by atoms with Crippen LogP contribution < -0.4 is 10.6 Å². The van der Waals surface area contributed by atoms with Gasteiger partial charge in [-0.05, 0) is 50.2 Å². The summed E-state index contributed by atoms with van der Waals surface area (Å²) in [7, 11) is 0. The van der Waals surface area contributed by atoms with Crippen molar-refractivity contribution in [3.8, 4) is 0 Å². The average Bonchev–Trinajstić information content (AvgIpc) is 2.61. The van der Waals surface area contributed by atoms with Gasteiger partial charge < -0.3 is 10.6 Å². The predicted molar refractivity (Wildman–Crippen MR) is 81.4 cm³/mol. The molecule has 104 valence electrons. The molecule has 1 aliphatic heterocycles. The van der Waals surface area contributed by atoms with Gasteiger partial charge in [-0.3, -0.25) is 9.69 Å². The van der Waals surface area contributed by atoms with Crippen molar-refractivity contribution in [2.45, 2.75) is 13.3 Å². The van der Waals surface area contributed by atoms with E-state index in [0.717, 1.165) is 48.3 Å². The zero-order valence-corrected chi connectivity index (χ0v) is 12.8. The van der Waals surface area contributed by atoms with Gasteiger partial charge in [0, 0.05) is 23.2 Å². The summed E-state index contributed by atoms with van der Waals surface area (Å²) in [4.78, 5) is 14.2. The van der Waals surface area contributed by atoms with Crippen LogP contribution in [0.4, 0.5) is 5.69 Å². The summed E-state index contributed by atoms with van der Waals surface area (Å²) in [6, 6.07) is 5.88. The van der Waals surface area contributed by atoms with E-state index in [2.05, 4.69) is 31.5 Å². The van der Waals surface area contributed by atoms with Gasteiger partial charge in [-0.25, -0.2) is 0 Å². The van der Waals surface area contributed by atoms with E-state index in [-0.39, 0.29) is 5.91 Å². The highest BCUT2D eigenvalue weighted by molar-refractivity contribution is 9.10. The second-order valence-corrected chi connectivity index (χ2v) is 5.80. The lowest BCUT2D eigenvalue weighted by molar-refractivity contribution is -0.117. The minimum Gasteiger partial charge on any atom is -0.325 e. The molecule has 1 aromatic rings. The average molecular weight is 326 g/mol. The molecule has 2 N–H and O–H groups in total. The van der Waals surface area contributed by atoms with Crippen LogP contribution in [0.25, 0.3) is 0 Å². The van der Waals surface area contributed by atoms with Gasteiger partial charge in [-0.2, -0.15) is 0 Å². The summed E-state index contributed by atoms with van der Waals surface area (Å²) in [5.41, 5.74) is 1.96. The van der Waals surface area contributed by atoms with Crippen molar-refractivity contribution < 1.29 is 4.79 Å². The Kier molecular flexibility index (Phi) is 5.36. The smallest absolute Gasteiger partial charge is 0.238 e. The number of carbonyl (C=O) groups excluding carboxylic acids is 1. The fourth-order valence-corrected chi connectivity index (χ4v) is 2.70. The zero-order valence-electron chi connectivity index (χ0n) is 11.2. The maximum absolute atomic E-state index is 12.0. The molecule has 1 heterocycles. The minimum atomic E-state index is 0.0623. The second kappa shape index (κ2) is 7.03. The molecule has 0 aromatic heterocycles. The van der Waals surface area contributed by atoms with Crippen molar-refractivity contribution in [1.29, 1.82) is 0 Å². The molecular formula is C14H20BrN3O. The largest absolute Gasteiger partial charge is 0.325 e. The maximum Gasteiger partial charge on any atom is 0.238 e. The fourth-order valence-electron chi connectivity index (χ4n) is 2.22. The van der Waals surface area contributed by atoms with Gasteiger partial charge in [0.25, 0.3) is 0 Å². The molecule has 0 spiro atoms. The van der Waals surface area contributed by atoms with Gasteiger partial charge in [0.15, 0.2) is 0 Å². The number of hydrogen-bond acceptors (Lipinski definition) is 3. The third kappa shape index (κ3) is 4.60. The Morgan fingerprint density at radius 1 is 1.42 bits per heavy atom. The molecule has 1 saturated heterocycles.